The van der Waals surface area contributed by atoms with Crippen LogP contribution in [0.3, 0.4) is 0 Å². The minimum Gasteiger partial charge on any atom is -0.377 e. The summed E-state index contributed by atoms with van der Waals surface area (Å²) in [5.41, 5.74) is 2.81. The number of ether oxygens (including phenoxy) is 1. The lowest BCUT2D eigenvalue weighted by atomic mass is 9.77. The highest BCUT2D eigenvalue weighted by Gasteiger charge is 2.40. The van der Waals surface area contributed by atoms with E-state index in [2.05, 4.69) is 5.32 Å². The van der Waals surface area contributed by atoms with Crippen molar-refractivity contribution in [2.75, 3.05) is 11.9 Å². The van der Waals surface area contributed by atoms with Crippen LogP contribution in [0, 0.1) is 11.7 Å². The quantitative estimate of drug-likeness (QED) is 0.704. The largest absolute Gasteiger partial charge is 0.377 e. The van der Waals surface area contributed by atoms with Crippen molar-refractivity contribution in [2.45, 2.75) is 25.0 Å². The van der Waals surface area contributed by atoms with Crippen molar-refractivity contribution in [3.8, 4) is 0 Å². The molecule has 0 amide bonds. The maximum absolute atomic E-state index is 13.7. The predicted molar refractivity (Wildman–Crippen MR) is 90.6 cm³/mol. The van der Waals surface area contributed by atoms with Gasteiger partial charge in [-0.3, -0.25) is 0 Å². The van der Waals surface area contributed by atoms with E-state index in [1.54, 1.807) is 18.2 Å². The molecule has 2 aromatic carbocycles. The van der Waals surface area contributed by atoms with Gasteiger partial charge < -0.3 is 10.1 Å². The van der Waals surface area contributed by atoms with E-state index in [4.69, 9.17) is 27.9 Å². The van der Waals surface area contributed by atoms with Crippen molar-refractivity contribution in [1.82, 2.24) is 0 Å². The van der Waals surface area contributed by atoms with Crippen molar-refractivity contribution in [1.29, 1.82) is 0 Å². The summed E-state index contributed by atoms with van der Waals surface area (Å²) in [6.07, 6.45) is 1.90. The molecule has 2 aromatic rings. The highest BCUT2D eigenvalue weighted by molar-refractivity contribution is 6.35. The lowest BCUT2D eigenvalue weighted by molar-refractivity contribution is -0.0382. The summed E-state index contributed by atoms with van der Waals surface area (Å²) in [6.45, 7) is 0.707. The monoisotopic (exact) mass is 351 g/mol. The molecule has 3 atom stereocenters. The smallest absolute Gasteiger partial charge is 0.123 e. The number of hydrogen-bond donors (Lipinski definition) is 1. The summed E-state index contributed by atoms with van der Waals surface area (Å²) in [5.74, 6) is -0.0156. The van der Waals surface area contributed by atoms with Gasteiger partial charge in [0.15, 0.2) is 0 Å². The molecular weight excluding hydrogens is 336 g/mol. The molecular formula is C18H16Cl2FNO. The predicted octanol–water partition coefficient (Wildman–Crippen LogP) is 5.77. The van der Waals surface area contributed by atoms with Crippen molar-refractivity contribution in [3.63, 3.8) is 0 Å². The molecule has 0 spiro atoms. The first-order chi connectivity index (χ1) is 11.1. The van der Waals surface area contributed by atoms with Gasteiger partial charge in [-0.15, -0.1) is 0 Å². The van der Waals surface area contributed by atoms with Crippen LogP contribution >= 0.6 is 23.2 Å². The molecule has 5 heteroatoms. The van der Waals surface area contributed by atoms with Gasteiger partial charge in [-0.05, 0) is 48.7 Å². The number of hydrogen-bond acceptors (Lipinski definition) is 2. The summed E-state index contributed by atoms with van der Waals surface area (Å²) >= 11 is 12.4. The lowest BCUT2D eigenvalue weighted by Crippen LogP contribution is -2.36. The standard InChI is InChI=1S/C18H16Cl2FNO/c19-10-3-5-12(15(20)8-10)17-13-2-1-7-23-18(13)14-9-11(21)4-6-16(14)22-17/h3-6,8-9,13,17-18,22H,1-2,7H2/t13-,17+,18-/m1/s1. The molecule has 120 valence electrons. The Morgan fingerprint density at radius 1 is 1.09 bits per heavy atom. The summed E-state index contributed by atoms with van der Waals surface area (Å²) in [4.78, 5) is 0. The van der Waals surface area contributed by atoms with E-state index in [0.717, 1.165) is 29.7 Å². The van der Waals surface area contributed by atoms with Crippen LogP contribution in [0.5, 0.6) is 0 Å². The molecule has 2 heterocycles. The van der Waals surface area contributed by atoms with Gasteiger partial charge in [-0.2, -0.15) is 0 Å². The van der Waals surface area contributed by atoms with Crippen LogP contribution in [-0.2, 0) is 4.74 Å². The molecule has 23 heavy (non-hydrogen) atoms. The molecule has 0 bridgehead atoms. The number of nitrogens with one attached hydrogen (secondary N) is 1. The van der Waals surface area contributed by atoms with Gasteiger partial charge in [0.05, 0.1) is 12.1 Å². The number of anilines is 1. The molecule has 1 saturated heterocycles. The molecule has 2 aliphatic heterocycles. The zero-order chi connectivity index (χ0) is 16.0. The summed E-state index contributed by atoms with van der Waals surface area (Å²) in [7, 11) is 0. The zero-order valence-corrected chi connectivity index (χ0v) is 13.9. The highest BCUT2D eigenvalue weighted by atomic mass is 35.5. The maximum atomic E-state index is 13.7. The summed E-state index contributed by atoms with van der Waals surface area (Å²) in [6, 6.07) is 10.4. The van der Waals surface area contributed by atoms with Crippen LogP contribution in [0.1, 0.15) is 36.1 Å². The molecule has 0 aromatic heterocycles. The van der Waals surface area contributed by atoms with Crippen molar-refractivity contribution in [3.05, 3.63) is 63.4 Å². The Kier molecular flexibility index (Phi) is 3.96. The van der Waals surface area contributed by atoms with E-state index in [1.807, 2.05) is 12.1 Å². The van der Waals surface area contributed by atoms with Gasteiger partial charge in [0.25, 0.3) is 0 Å². The van der Waals surface area contributed by atoms with Crippen LogP contribution in [0.25, 0.3) is 0 Å². The van der Waals surface area contributed by atoms with Gasteiger partial charge in [0, 0.05) is 33.8 Å². The van der Waals surface area contributed by atoms with Crippen molar-refractivity contribution < 1.29 is 9.13 Å². The third-order valence-electron chi connectivity index (χ3n) is 4.72. The first-order valence-electron chi connectivity index (χ1n) is 7.76. The van der Waals surface area contributed by atoms with Crippen LogP contribution in [0.4, 0.5) is 10.1 Å². The van der Waals surface area contributed by atoms with Crippen molar-refractivity contribution >= 4 is 28.9 Å². The Hall–Kier alpha value is -1.29. The van der Waals surface area contributed by atoms with Crippen LogP contribution < -0.4 is 5.32 Å². The summed E-state index contributed by atoms with van der Waals surface area (Å²) in [5, 5.41) is 4.79. The molecule has 2 aliphatic rings. The van der Waals surface area contributed by atoms with Gasteiger partial charge in [-0.1, -0.05) is 29.3 Å². The van der Waals surface area contributed by atoms with E-state index in [1.165, 1.54) is 6.07 Å². The van der Waals surface area contributed by atoms with Crippen LogP contribution in [0.15, 0.2) is 36.4 Å². The van der Waals surface area contributed by atoms with E-state index < -0.39 is 0 Å². The first-order valence-corrected chi connectivity index (χ1v) is 8.51. The number of benzene rings is 2. The first kappa shape index (κ1) is 15.3. The molecule has 0 radical (unpaired) electrons. The molecule has 0 saturated carbocycles. The molecule has 1 N–H and O–H groups in total. The third kappa shape index (κ3) is 2.71. The van der Waals surface area contributed by atoms with E-state index in [0.29, 0.717) is 16.7 Å². The second-order valence-corrected chi connectivity index (χ2v) is 6.96. The molecule has 2 nitrogen and oxygen atoms in total. The number of fused-ring (bicyclic) bond motifs is 3. The fraction of sp³-hybridized carbons (Fsp3) is 0.333. The SMILES string of the molecule is Fc1ccc2c(c1)[C@@H]1OCCC[C@@H]1[C@H](c1ccc(Cl)cc1Cl)N2. The molecule has 0 aliphatic carbocycles. The second kappa shape index (κ2) is 5.97. The zero-order valence-electron chi connectivity index (χ0n) is 12.4. The fourth-order valence-electron chi connectivity index (χ4n) is 3.70. The van der Waals surface area contributed by atoms with E-state index >= 15 is 0 Å². The Balaban J connectivity index is 1.80. The summed E-state index contributed by atoms with van der Waals surface area (Å²) < 4.78 is 19.7. The normalized spacial score (nSPS) is 26.1. The van der Waals surface area contributed by atoms with Gasteiger partial charge in [0.2, 0.25) is 0 Å². The molecule has 0 unspecified atom stereocenters. The topological polar surface area (TPSA) is 21.3 Å². The average molecular weight is 352 g/mol. The van der Waals surface area contributed by atoms with Crippen LogP contribution in [-0.4, -0.2) is 6.61 Å². The van der Waals surface area contributed by atoms with Gasteiger partial charge >= 0.3 is 0 Å². The maximum Gasteiger partial charge on any atom is 0.123 e. The molecule has 4 rings (SSSR count). The van der Waals surface area contributed by atoms with Crippen molar-refractivity contribution in [2.24, 2.45) is 5.92 Å². The average Bonchev–Trinajstić information content (AvgIpc) is 2.55. The van der Waals surface area contributed by atoms with E-state index in [9.17, 15) is 4.39 Å². The minimum atomic E-state index is -0.235. The fourth-order valence-corrected chi connectivity index (χ4v) is 4.23. The van der Waals surface area contributed by atoms with Gasteiger partial charge in [-0.25, -0.2) is 4.39 Å². The lowest BCUT2D eigenvalue weighted by Gasteiger charge is -2.43. The Labute approximate surface area is 144 Å². The van der Waals surface area contributed by atoms with E-state index in [-0.39, 0.29) is 23.9 Å². The second-order valence-electron chi connectivity index (χ2n) is 6.12. The molecule has 1 fully saturated rings. The third-order valence-corrected chi connectivity index (χ3v) is 5.29. The number of halogens is 3. The Morgan fingerprint density at radius 2 is 1.96 bits per heavy atom. The van der Waals surface area contributed by atoms with Crippen LogP contribution in [0.2, 0.25) is 10.0 Å². The number of rotatable bonds is 1. The Bertz CT molecular complexity index is 752. The highest BCUT2D eigenvalue weighted by Crippen LogP contribution is 2.50. The minimum absolute atomic E-state index is 0.0306. The van der Waals surface area contributed by atoms with Gasteiger partial charge in [0.1, 0.15) is 5.82 Å². The Morgan fingerprint density at radius 3 is 2.78 bits per heavy atom.